The molecule has 2 unspecified atom stereocenters. The Labute approximate surface area is 101 Å². The van der Waals surface area contributed by atoms with Crippen LogP contribution in [0.15, 0.2) is 0 Å². The number of hydrogen-bond acceptors (Lipinski definition) is 2. The molecule has 0 bridgehead atoms. The van der Waals surface area contributed by atoms with E-state index >= 15 is 0 Å². The lowest BCUT2D eigenvalue weighted by atomic mass is 9.91. The fourth-order valence-electron chi connectivity index (χ4n) is 2.14. The highest BCUT2D eigenvalue weighted by molar-refractivity contribution is 5.83. The maximum atomic E-state index is 11.8. The van der Waals surface area contributed by atoms with E-state index in [-0.39, 0.29) is 11.9 Å². The molecule has 0 aromatic heterocycles. The Balaban J connectivity index is 2.62. The summed E-state index contributed by atoms with van der Waals surface area (Å²) in [4.78, 5) is 24.4. The zero-order valence-electron chi connectivity index (χ0n) is 9.98. The molecule has 2 N–H and O–H groups in total. The van der Waals surface area contributed by atoms with E-state index in [1.807, 2.05) is 6.92 Å². The number of amides is 2. The molecule has 0 radical (unpaired) electrons. The molecule has 0 aromatic carbocycles. The van der Waals surface area contributed by atoms with Crippen LogP contribution in [0.4, 0.5) is 4.79 Å². The molecule has 0 spiro atoms. The summed E-state index contributed by atoms with van der Waals surface area (Å²) in [5.74, 6) is 1.46. The van der Waals surface area contributed by atoms with Crippen molar-refractivity contribution in [1.29, 1.82) is 0 Å². The first kappa shape index (κ1) is 13.4. The number of urea groups is 1. The second-order valence-electron chi connectivity index (χ2n) is 4.28. The number of hydrogen-bond donors (Lipinski definition) is 2. The van der Waals surface area contributed by atoms with Gasteiger partial charge in [-0.3, -0.25) is 0 Å². The molecule has 1 rings (SSSR count). The van der Waals surface area contributed by atoms with Gasteiger partial charge in [-0.25, -0.2) is 9.59 Å². The number of rotatable bonds is 3. The van der Waals surface area contributed by atoms with Gasteiger partial charge in [0, 0.05) is 19.5 Å². The van der Waals surface area contributed by atoms with Gasteiger partial charge in [0.15, 0.2) is 0 Å². The molecule has 0 saturated carbocycles. The molecule has 94 valence electrons. The SMILES string of the molecule is C#CCCNC(=O)N1CCCC(C)C1C(=O)O. The van der Waals surface area contributed by atoms with Gasteiger partial charge in [-0.1, -0.05) is 6.92 Å². The van der Waals surface area contributed by atoms with Gasteiger partial charge in [-0.2, -0.15) is 0 Å². The third-order valence-electron chi connectivity index (χ3n) is 2.99. The van der Waals surface area contributed by atoms with Crippen LogP contribution in [0.5, 0.6) is 0 Å². The number of terminal acetylenes is 1. The Morgan fingerprint density at radius 3 is 2.88 bits per heavy atom. The number of carboxylic acids is 1. The van der Waals surface area contributed by atoms with E-state index in [0.717, 1.165) is 12.8 Å². The van der Waals surface area contributed by atoms with E-state index in [1.54, 1.807) is 0 Å². The smallest absolute Gasteiger partial charge is 0.326 e. The third-order valence-corrected chi connectivity index (χ3v) is 2.99. The van der Waals surface area contributed by atoms with E-state index in [1.165, 1.54) is 4.90 Å². The lowest BCUT2D eigenvalue weighted by Crippen LogP contribution is -2.55. The van der Waals surface area contributed by atoms with Crippen molar-refractivity contribution in [2.45, 2.75) is 32.2 Å². The normalized spacial score (nSPS) is 23.9. The Bertz CT molecular complexity index is 335. The van der Waals surface area contributed by atoms with Crippen LogP contribution >= 0.6 is 0 Å². The van der Waals surface area contributed by atoms with Crippen LogP contribution in [0.3, 0.4) is 0 Å². The van der Waals surface area contributed by atoms with Gasteiger partial charge in [0.1, 0.15) is 6.04 Å². The molecule has 17 heavy (non-hydrogen) atoms. The maximum absolute atomic E-state index is 11.8. The first-order valence-electron chi connectivity index (χ1n) is 5.78. The van der Waals surface area contributed by atoms with Crippen molar-refractivity contribution in [3.05, 3.63) is 0 Å². The molecule has 1 saturated heterocycles. The monoisotopic (exact) mass is 238 g/mol. The molecular formula is C12H18N2O3. The van der Waals surface area contributed by atoms with Crippen molar-refractivity contribution in [2.24, 2.45) is 5.92 Å². The van der Waals surface area contributed by atoms with Gasteiger partial charge in [0.05, 0.1) is 0 Å². The number of likely N-dealkylation sites (tertiary alicyclic amines) is 1. The summed E-state index contributed by atoms with van der Waals surface area (Å²) >= 11 is 0. The minimum Gasteiger partial charge on any atom is -0.480 e. The molecule has 1 aliphatic rings. The standard InChI is InChI=1S/C12H18N2O3/c1-3-4-7-13-12(17)14-8-5-6-9(2)10(14)11(15)16/h1,9-10H,4-8H2,2H3,(H,13,17)(H,15,16). The highest BCUT2D eigenvalue weighted by Crippen LogP contribution is 2.23. The molecule has 1 aliphatic heterocycles. The molecule has 1 fully saturated rings. The molecule has 0 aromatic rings. The van der Waals surface area contributed by atoms with Gasteiger partial charge in [-0.15, -0.1) is 12.3 Å². The Kier molecular flexibility index (Phi) is 4.83. The van der Waals surface area contributed by atoms with E-state index < -0.39 is 12.0 Å². The number of nitrogens with zero attached hydrogens (tertiary/aromatic N) is 1. The second kappa shape index (κ2) is 6.14. The van der Waals surface area contributed by atoms with Crippen molar-refractivity contribution in [3.8, 4) is 12.3 Å². The largest absolute Gasteiger partial charge is 0.480 e. The van der Waals surface area contributed by atoms with Gasteiger partial charge in [0.2, 0.25) is 0 Å². The quantitative estimate of drug-likeness (QED) is 0.567. The number of carbonyl (C=O) groups excluding carboxylic acids is 1. The van der Waals surface area contributed by atoms with E-state index in [9.17, 15) is 9.59 Å². The minimum absolute atomic E-state index is 0.0142. The van der Waals surface area contributed by atoms with Crippen LogP contribution in [0.2, 0.25) is 0 Å². The topological polar surface area (TPSA) is 69.6 Å². The van der Waals surface area contributed by atoms with Crippen molar-refractivity contribution in [3.63, 3.8) is 0 Å². The molecule has 2 atom stereocenters. The molecule has 5 heteroatoms. The van der Waals surface area contributed by atoms with E-state index in [2.05, 4.69) is 11.2 Å². The number of piperidine rings is 1. The van der Waals surface area contributed by atoms with Gasteiger partial charge >= 0.3 is 12.0 Å². The van der Waals surface area contributed by atoms with Crippen molar-refractivity contribution in [2.75, 3.05) is 13.1 Å². The van der Waals surface area contributed by atoms with Crippen LogP contribution < -0.4 is 5.32 Å². The Morgan fingerprint density at radius 1 is 1.59 bits per heavy atom. The Morgan fingerprint density at radius 2 is 2.29 bits per heavy atom. The van der Waals surface area contributed by atoms with Crippen LogP contribution in [0, 0.1) is 18.3 Å². The van der Waals surface area contributed by atoms with Gasteiger partial charge < -0.3 is 15.3 Å². The zero-order chi connectivity index (χ0) is 12.8. The fourth-order valence-corrected chi connectivity index (χ4v) is 2.14. The van der Waals surface area contributed by atoms with Crippen LogP contribution in [-0.2, 0) is 4.79 Å². The summed E-state index contributed by atoms with van der Waals surface area (Å²) in [6.07, 6.45) is 7.21. The zero-order valence-corrected chi connectivity index (χ0v) is 9.98. The molecule has 5 nitrogen and oxygen atoms in total. The third kappa shape index (κ3) is 3.38. The lowest BCUT2D eigenvalue weighted by molar-refractivity contribution is -0.145. The molecular weight excluding hydrogens is 220 g/mol. The van der Waals surface area contributed by atoms with Crippen LogP contribution in [0.25, 0.3) is 0 Å². The maximum Gasteiger partial charge on any atom is 0.326 e. The lowest BCUT2D eigenvalue weighted by Gasteiger charge is -2.37. The van der Waals surface area contributed by atoms with Crippen molar-refractivity contribution >= 4 is 12.0 Å². The molecule has 1 heterocycles. The Hall–Kier alpha value is -1.70. The summed E-state index contributed by atoms with van der Waals surface area (Å²) in [6.45, 7) is 2.73. The van der Waals surface area contributed by atoms with Crippen LogP contribution in [0.1, 0.15) is 26.2 Å². The van der Waals surface area contributed by atoms with Gasteiger partial charge in [-0.05, 0) is 18.8 Å². The first-order valence-corrected chi connectivity index (χ1v) is 5.78. The molecule has 0 aliphatic carbocycles. The van der Waals surface area contributed by atoms with Crippen molar-refractivity contribution in [1.82, 2.24) is 10.2 Å². The van der Waals surface area contributed by atoms with Crippen LogP contribution in [-0.4, -0.2) is 41.1 Å². The van der Waals surface area contributed by atoms with E-state index in [0.29, 0.717) is 19.5 Å². The highest BCUT2D eigenvalue weighted by atomic mass is 16.4. The number of carboxylic acid groups (broad SMARTS) is 1. The highest BCUT2D eigenvalue weighted by Gasteiger charge is 2.36. The summed E-state index contributed by atoms with van der Waals surface area (Å²) in [6, 6.07) is -1.06. The second-order valence-corrected chi connectivity index (χ2v) is 4.28. The number of carbonyl (C=O) groups is 2. The predicted molar refractivity (Wildman–Crippen MR) is 63.4 cm³/mol. The average Bonchev–Trinajstić information content (AvgIpc) is 2.28. The minimum atomic E-state index is -0.940. The summed E-state index contributed by atoms with van der Waals surface area (Å²) < 4.78 is 0. The summed E-state index contributed by atoms with van der Waals surface area (Å²) in [7, 11) is 0. The van der Waals surface area contributed by atoms with E-state index in [4.69, 9.17) is 11.5 Å². The van der Waals surface area contributed by atoms with Crippen molar-refractivity contribution < 1.29 is 14.7 Å². The fraction of sp³-hybridized carbons (Fsp3) is 0.667. The summed E-state index contributed by atoms with van der Waals surface area (Å²) in [5.41, 5.74) is 0. The van der Waals surface area contributed by atoms with Gasteiger partial charge in [0.25, 0.3) is 0 Å². The number of nitrogens with one attached hydrogen (secondary N) is 1. The first-order chi connectivity index (χ1) is 8.07. The predicted octanol–water partition coefficient (Wildman–Crippen LogP) is 0.904. The average molecular weight is 238 g/mol. The summed E-state index contributed by atoms with van der Waals surface area (Å²) in [5, 5.41) is 11.8. The number of aliphatic carboxylic acids is 1. The molecule has 2 amide bonds.